The molecule has 4 nitrogen and oxygen atoms in total. The number of benzene rings is 1. The molecule has 3 aliphatic rings. The Morgan fingerprint density at radius 3 is 2.31 bits per heavy atom. The van der Waals surface area contributed by atoms with Crippen molar-refractivity contribution in [2.24, 2.45) is 5.92 Å². The fourth-order valence-corrected chi connectivity index (χ4v) is 7.53. The van der Waals surface area contributed by atoms with Crippen LogP contribution in [0.1, 0.15) is 140 Å². The van der Waals surface area contributed by atoms with Crippen molar-refractivity contribution in [3.05, 3.63) is 41.5 Å². The molecule has 0 aromatic heterocycles. The molecule has 39 heavy (non-hydrogen) atoms. The summed E-state index contributed by atoms with van der Waals surface area (Å²) in [5, 5.41) is 18.4. The second kappa shape index (κ2) is 17.1. The number of nitrogens with zero attached hydrogens (tertiary/aromatic N) is 1. The molecule has 2 fully saturated rings. The molecular formula is C35H57NO3. The molecule has 1 aromatic carbocycles. The Hall–Kier alpha value is -1.81. The summed E-state index contributed by atoms with van der Waals surface area (Å²) in [7, 11) is 2.30. The number of allylic oxidation sites excluding steroid dienone is 2. The molecule has 0 radical (unpaired) electrons. The van der Waals surface area contributed by atoms with Gasteiger partial charge >= 0.3 is 5.97 Å². The van der Waals surface area contributed by atoms with Gasteiger partial charge in [-0.15, -0.1) is 0 Å². The van der Waals surface area contributed by atoms with E-state index in [0.717, 1.165) is 24.8 Å². The van der Waals surface area contributed by atoms with Crippen molar-refractivity contribution >= 4 is 5.97 Å². The van der Waals surface area contributed by atoms with E-state index in [9.17, 15) is 9.90 Å². The molecule has 2 bridgehead atoms. The number of phenols is 1. The highest BCUT2D eigenvalue weighted by Crippen LogP contribution is 2.55. The lowest BCUT2D eigenvalue weighted by Gasteiger charge is -2.58. The number of aromatic hydroxyl groups is 1. The minimum atomic E-state index is -0.664. The minimum Gasteiger partial charge on any atom is -0.508 e. The third-order valence-electron chi connectivity index (χ3n) is 9.75. The number of fused-ring (bicyclic) bond motifs is 1. The maximum Gasteiger partial charge on any atom is 0.303 e. The monoisotopic (exact) mass is 539 g/mol. The van der Waals surface area contributed by atoms with E-state index in [0.29, 0.717) is 17.6 Å². The van der Waals surface area contributed by atoms with Gasteiger partial charge in [0.05, 0.1) is 0 Å². The Labute approximate surface area is 239 Å². The van der Waals surface area contributed by atoms with Gasteiger partial charge in [-0.2, -0.15) is 0 Å². The molecule has 1 aliphatic heterocycles. The van der Waals surface area contributed by atoms with E-state index in [-0.39, 0.29) is 0 Å². The number of likely N-dealkylation sites (N-methyl/N-ethyl adjacent to an activating group) is 1. The lowest BCUT2D eigenvalue weighted by Crippen LogP contribution is -2.59. The Kier molecular flexibility index (Phi) is 13.9. The van der Waals surface area contributed by atoms with Gasteiger partial charge in [0.15, 0.2) is 0 Å². The number of unbranched alkanes of at least 4 members (excludes halogenated alkanes) is 11. The fraction of sp³-hybridized carbons (Fsp3) is 0.743. The average Bonchev–Trinajstić information content (AvgIpc) is 2.93. The summed E-state index contributed by atoms with van der Waals surface area (Å²) in [6.45, 7) is 3.48. The number of carboxylic acids is 1. The molecule has 1 saturated heterocycles. The molecule has 0 unspecified atom stereocenters. The molecule has 1 heterocycles. The molecule has 1 aromatic rings. The average molecular weight is 540 g/mol. The third-order valence-corrected chi connectivity index (χ3v) is 9.75. The van der Waals surface area contributed by atoms with Crippen LogP contribution in [-0.4, -0.2) is 40.7 Å². The third kappa shape index (κ3) is 9.66. The van der Waals surface area contributed by atoms with E-state index in [1.807, 2.05) is 6.07 Å². The second-order valence-corrected chi connectivity index (χ2v) is 12.6. The first-order chi connectivity index (χ1) is 19.0. The summed E-state index contributed by atoms with van der Waals surface area (Å²) in [6, 6.07) is 6.85. The summed E-state index contributed by atoms with van der Waals surface area (Å²) >= 11 is 0. The topological polar surface area (TPSA) is 60.8 Å². The van der Waals surface area contributed by atoms with Gasteiger partial charge in [-0.1, -0.05) is 89.4 Å². The van der Waals surface area contributed by atoms with Crippen LogP contribution in [0.3, 0.4) is 0 Å². The molecular weight excluding hydrogens is 482 g/mol. The SMILES string of the molecule is CCCCCCCCC=CCCCCCCCC(=O)O.CN1CC[C@]23CCCC[C@H]2[C@H]1Cc1ccc(O)cc13. The highest BCUT2D eigenvalue weighted by Gasteiger charge is 2.53. The van der Waals surface area contributed by atoms with Crippen LogP contribution in [0.25, 0.3) is 0 Å². The molecule has 0 spiro atoms. The van der Waals surface area contributed by atoms with Gasteiger partial charge in [-0.05, 0) is 101 Å². The number of hydrogen-bond acceptors (Lipinski definition) is 3. The van der Waals surface area contributed by atoms with E-state index in [4.69, 9.17) is 5.11 Å². The van der Waals surface area contributed by atoms with Crippen molar-refractivity contribution in [3.8, 4) is 5.75 Å². The van der Waals surface area contributed by atoms with Crippen LogP contribution in [0.5, 0.6) is 5.75 Å². The Morgan fingerprint density at radius 1 is 0.949 bits per heavy atom. The summed E-state index contributed by atoms with van der Waals surface area (Å²) in [6.07, 6.45) is 29.2. The van der Waals surface area contributed by atoms with Crippen LogP contribution in [0.4, 0.5) is 0 Å². The summed E-state index contributed by atoms with van der Waals surface area (Å²) in [4.78, 5) is 12.9. The normalized spacial score (nSPS) is 24.1. The lowest BCUT2D eigenvalue weighted by molar-refractivity contribution is -0.137. The zero-order valence-electron chi connectivity index (χ0n) is 25.1. The molecule has 2 aliphatic carbocycles. The van der Waals surface area contributed by atoms with E-state index in [2.05, 4.69) is 43.2 Å². The quantitative estimate of drug-likeness (QED) is 0.172. The second-order valence-electron chi connectivity index (χ2n) is 12.6. The van der Waals surface area contributed by atoms with Crippen LogP contribution in [-0.2, 0) is 16.6 Å². The number of carboxylic acid groups (broad SMARTS) is 1. The first kappa shape index (κ1) is 31.7. The maximum atomic E-state index is 10.3. The maximum absolute atomic E-state index is 10.3. The van der Waals surface area contributed by atoms with Crippen LogP contribution in [0.2, 0.25) is 0 Å². The van der Waals surface area contributed by atoms with E-state index in [1.54, 1.807) is 0 Å². The highest BCUT2D eigenvalue weighted by atomic mass is 16.4. The highest BCUT2D eigenvalue weighted by molar-refractivity contribution is 5.66. The predicted octanol–water partition coefficient (Wildman–Crippen LogP) is 9.19. The van der Waals surface area contributed by atoms with Gasteiger partial charge in [0.1, 0.15) is 5.75 Å². The van der Waals surface area contributed by atoms with Crippen LogP contribution in [0.15, 0.2) is 30.4 Å². The number of rotatable bonds is 15. The Bertz CT molecular complexity index is 881. The first-order valence-electron chi connectivity index (χ1n) is 16.4. The first-order valence-corrected chi connectivity index (χ1v) is 16.4. The molecule has 3 atom stereocenters. The van der Waals surface area contributed by atoms with Crippen LogP contribution in [0, 0.1) is 5.92 Å². The predicted molar refractivity (Wildman–Crippen MR) is 164 cm³/mol. The summed E-state index contributed by atoms with van der Waals surface area (Å²) in [5.41, 5.74) is 3.36. The van der Waals surface area contributed by atoms with Gasteiger partial charge in [-0.25, -0.2) is 0 Å². The minimum absolute atomic E-state index is 0.332. The molecule has 220 valence electrons. The van der Waals surface area contributed by atoms with Gasteiger partial charge in [-0.3, -0.25) is 4.79 Å². The van der Waals surface area contributed by atoms with E-state index >= 15 is 0 Å². The molecule has 4 heteroatoms. The van der Waals surface area contributed by atoms with E-state index < -0.39 is 5.97 Å². The molecule has 4 rings (SSSR count). The summed E-state index contributed by atoms with van der Waals surface area (Å²) < 4.78 is 0. The number of phenolic OH excluding ortho intramolecular Hbond substituents is 1. The molecule has 1 saturated carbocycles. The zero-order chi connectivity index (χ0) is 27.9. The zero-order valence-corrected chi connectivity index (χ0v) is 25.1. The number of hydrogen-bond donors (Lipinski definition) is 2. The fourth-order valence-electron chi connectivity index (χ4n) is 7.53. The van der Waals surface area contributed by atoms with Crippen molar-refractivity contribution in [2.45, 2.75) is 147 Å². The molecule has 0 amide bonds. The summed E-state index contributed by atoms with van der Waals surface area (Å²) in [5.74, 6) is 0.603. The van der Waals surface area contributed by atoms with Gasteiger partial charge < -0.3 is 15.1 Å². The molecule has 2 N–H and O–H groups in total. The van der Waals surface area contributed by atoms with Gasteiger partial charge in [0.2, 0.25) is 0 Å². The van der Waals surface area contributed by atoms with Crippen LogP contribution < -0.4 is 0 Å². The van der Waals surface area contributed by atoms with Crippen molar-refractivity contribution < 1.29 is 15.0 Å². The number of aliphatic carboxylic acids is 1. The van der Waals surface area contributed by atoms with Crippen molar-refractivity contribution in [1.82, 2.24) is 4.90 Å². The van der Waals surface area contributed by atoms with Crippen molar-refractivity contribution in [1.29, 1.82) is 0 Å². The Balaban J connectivity index is 0.000000215. The largest absolute Gasteiger partial charge is 0.508 e. The van der Waals surface area contributed by atoms with Crippen molar-refractivity contribution in [2.75, 3.05) is 13.6 Å². The van der Waals surface area contributed by atoms with Gasteiger partial charge in [0.25, 0.3) is 0 Å². The van der Waals surface area contributed by atoms with Gasteiger partial charge in [0, 0.05) is 17.9 Å². The Morgan fingerprint density at radius 2 is 1.62 bits per heavy atom. The number of piperidine rings is 1. The van der Waals surface area contributed by atoms with Crippen molar-refractivity contribution in [3.63, 3.8) is 0 Å². The van der Waals surface area contributed by atoms with E-state index in [1.165, 1.54) is 127 Å². The van der Waals surface area contributed by atoms with Crippen LogP contribution >= 0.6 is 0 Å². The number of carbonyl (C=O) groups is 1. The number of likely N-dealkylation sites (tertiary alicyclic amines) is 1. The standard InChI is InChI=1S/C18H34O2.C17H23NO/c1-2-3-4-5-6-7-8-9-10-11-12-13-14-15-16-17-18(19)20;1-18-9-8-17-7-3-2-4-14(17)16(18)10-12-5-6-13(19)11-15(12)17/h9-10H,2-8,11-17H2,1H3,(H,19,20);5-6,11,14,16,19H,2-4,7-10H2,1H3/t;14-,16+,17+/m.0/s1. The lowest BCUT2D eigenvalue weighted by atomic mass is 9.52. The smallest absolute Gasteiger partial charge is 0.303 e.